The van der Waals surface area contributed by atoms with E-state index in [0.717, 1.165) is 0 Å². The fourth-order valence-electron chi connectivity index (χ4n) is 1.09. The van der Waals surface area contributed by atoms with Crippen molar-refractivity contribution in [1.82, 2.24) is 0 Å². The number of hydrogen-bond acceptors (Lipinski definition) is 0. The van der Waals surface area contributed by atoms with Crippen LogP contribution in [0.15, 0.2) is 12.1 Å². The smallest absolute Gasteiger partial charge is 0.207 e. The Bertz CT molecular complexity index is 400. The number of benzene rings is 1. The Morgan fingerprint density at radius 3 is 1.62 bits per heavy atom. The summed E-state index contributed by atoms with van der Waals surface area (Å²) in [6, 6.07) is -0.649. The van der Waals surface area contributed by atoms with Crippen LogP contribution in [0.2, 0.25) is 0 Å². The summed E-state index contributed by atoms with van der Waals surface area (Å²) in [6.45, 7) is 0. The topological polar surface area (TPSA) is 0 Å². The van der Waals surface area contributed by atoms with Crippen LogP contribution in [0.3, 0.4) is 0 Å². The Hall–Kier alpha value is -1.34. The van der Waals surface area contributed by atoms with Gasteiger partial charge in [0.1, 0.15) is 17.2 Å². The molecule has 0 aromatic heterocycles. The molecule has 0 radical (unpaired) electrons. The molecule has 0 spiro atoms. The molecule has 0 atom stereocenters. The molecule has 90 valence electrons. The number of alkyl halides is 6. The second-order valence-corrected chi connectivity index (χ2v) is 2.81. The SMILES string of the molecule is Fc1cc(F)c(C(F)(F)F)c(C(F)(F)F)c1. The van der Waals surface area contributed by atoms with Crippen molar-refractivity contribution in [2.75, 3.05) is 0 Å². The van der Waals surface area contributed by atoms with Gasteiger partial charge >= 0.3 is 12.4 Å². The Labute approximate surface area is 83.5 Å². The molecule has 0 bridgehead atoms. The van der Waals surface area contributed by atoms with Gasteiger partial charge in [-0.2, -0.15) is 26.3 Å². The molecule has 0 unspecified atom stereocenters. The summed E-state index contributed by atoms with van der Waals surface area (Å²) in [4.78, 5) is 0. The number of rotatable bonds is 0. The van der Waals surface area contributed by atoms with Gasteiger partial charge in [0.2, 0.25) is 0 Å². The highest BCUT2D eigenvalue weighted by Crippen LogP contribution is 2.41. The number of hydrogen-bond donors (Lipinski definition) is 0. The minimum absolute atomic E-state index is 0.252. The number of halogens is 8. The molecule has 0 aliphatic heterocycles. The molecule has 0 heterocycles. The highest BCUT2D eigenvalue weighted by atomic mass is 19.4. The van der Waals surface area contributed by atoms with Gasteiger partial charge < -0.3 is 0 Å². The van der Waals surface area contributed by atoms with Crippen LogP contribution < -0.4 is 0 Å². The molecule has 0 aliphatic carbocycles. The van der Waals surface area contributed by atoms with Crippen molar-refractivity contribution in [1.29, 1.82) is 0 Å². The fraction of sp³-hybridized carbons (Fsp3) is 0.250. The summed E-state index contributed by atoms with van der Waals surface area (Å²) < 4.78 is 97.7. The summed E-state index contributed by atoms with van der Waals surface area (Å²) >= 11 is 0. The lowest BCUT2D eigenvalue weighted by Gasteiger charge is -2.15. The largest absolute Gasteiger partial charge is 0.419 e. The monoisotopic (exact) mass is 250 g/mol. The Kier molecular flexibility index (Phi) is 2.86. The van der Waals surface area contributed by atoms with E-state index < -0.39 is 41.2 Å². The van der Waals surface area contributed by atoms with E-state index in [0.29, 0.717) is 0 Å². The minimum Gasteiger partial charge on any atom is -0.207 e. The van der Waals surface area contributed by atoms with Gasteiger partial charge in [-0.15, -0.1) is 0 Å². The predicted molar refractivity (Wildman–Crippen MR) is 36.4 cm³/mol. The van der Waals surface area contributed by atoms with Gasteiger partial charge in [0.05, 0.1) is 5.56 Å². The summed E-state index contributed by atoms with van der Waals surface area (Å²) in [5, 5.41) is 0. The quantitative estimate of drug-likeness (QED) is 0.610. The highest BCUT2D eigenvalue weighted by molar-refractivity contribution is 5.34. The van der Waals surface area contributed by atoms with Crippen molar-refractivity contribution in [3.05, 3.63) is 34.9 Å². The maximum atomic E-state index is 12.7. The third kappa shape index (κ3) is 2.42. The van der Waals surface area contributed by atoms with Gasteiger partial charge in [-0.25, -0.2) is 8.78 Å². The Morgan fingerprint density at radius 1 is 0.750 bits per heavy atom. The first-order chi connectivity index (χ1) is 7.03. The van der Waals surface area contributed by atoms with Crippen LogP contribution in [0, 0.1) is 11.6 Å². The molecule has 0 saturated carbocycles. The normalized spacial score (nSPS) is 13.0. The zero-order valence-corrected chi connectivity index (χ0v) is 7.18. The minimum atomic E-state index is -5.54. The highest BCUT2D eigenvalue weighted by Gasteiger charge is 2.45. The fourth-order valence-corrected chi connectivity index (χ4v) is 1.09. The van der Waals surface area contributed by atoms with E-state index in [1.807, 2.05) is 0 Å². The van der Waals surface area contributed by atoms with Crippen LogP contribution in [0.25, 0.3) is 0 Å². The van der Waals surface area contributed by atoms with Crippen molar-refractivity contribution in [3.8, 4) is 0 Å². The van der Waals surface area contributed by atoms with Gasteiger partial charge in [-0.3, -0.25) is 0 Å². The van der Waals surface area contributed by atoms with E-state index >= 15 is 0 Å². The second kappa shape index (κ2) is 3.60. The van der Waals surface area contributed by atoms with Gasteiger partial charge in [0.15, 0.2) is 0 Å². The summed E-state index contributed by atoms with van der Waals surface area (Å²) in [7, 11) is 0. The van der Waals surface area contributed by atoms with E-state index in [1.165, 1.54) is 0 Å². The van der Waals surface area contributed by atoms with Crippen molar-refractivity contribution < 1.29 is 35.1 Å². The van der Waals surface area contributed by atoms with E-state index in [-0.39, 0.29) is 6.07 Å². The maximum Gasteiger partial charge on any atom is 0.419 e. The Morgan fingerprint density at radius 2 is 1.25 bits per heavy atom. The zero-order valence-electron chi connectivity index (χ0n) is 7.18. The molecule has 0 aliphatic rings. The van der Waals surface area contributed by atoms with Crippen molar-refractivity contribution in [2.24, 2.45) is 0 Å². The average molecular weight is 250 g/mol. The van der Waals surface area contributed by atoms with Gasteiger partial charge in [-0.05, 0) is 6.07 Å². The molecule has 0 saturated heterocycles. The second-order valence-electron chi connectivity index (χ2n) is 2.81. The molecular formula is C8H2F8. The van der Waals surface area contributed by atoms with Crippen LogP contribution in [0.4, 0.5) is 35.1 Å². The first kappa shape index (κ1) is 12.7. The lowest BCUT2D eigenvalue weighted by Crippen LogP contribution is -2.19. The van der Waals surface area contributed by atoms with E-state index in [1.54, 1.807) is 0 Å². The lowest BCUT2D eigenvalue weighted by atomic mass is 10.1. The molecule has 8 heteroatoms. The van der Waals surface area contributed by atoms with Gasteiger partial charge in [0.25, 0.3) is 0 Å². The molecule has 0 nitrogen and oxygen atoms in total. The molecule has 0 amide bonds. The standard InChI is InChI=1S/C8H2F8/c9-3-1-4(7(11,12)13)6(5(10)2-3)8(14,15)16/h1-2H. The van der Waals surface area contributed by atoms with Crippen LogP contribution in [-0.2, 0) is 12.4 Å². The summed E-state index contributed by atoms with van der Waals surface area (Å²) in [5.74, 6) is -4.02. The molecule has 16 heavy (non-hydrogen) atoms. The molecule has 1 aromatic rings. The first-order valence-corrected chi connectivity index (χ1v) is 3.67. The molecule has 0 N–H and O–H groups in total. The first-order valence-electron chi connectivity index (χ1n) is 3.67. The molecule has 0 fully saturated rings. The molecule has 1 aromatic carbocycles. The van der Waals surface area contributed by atoms with Crippen molar-refractivity contribution in [2.45, 2.75) is 12.4 Å². The van der Waals surface area contributed by atoms with E-state index in [4.69, 9.17) is 0 Å². The van der Waals surface area contributed by atoms with Gasteiger partial charge in [-0.1, -0.05) is 0 Å². The third-order valence-electron chi connectivity index (χ3n) is 1.64. The zero-order chi connectivity index (χ0) is 12.7. The van der Waals surface area contributed by atoms with Crippen molar-refractivity contribution in [3.63, 3.8) is 0 Å². The van der Waals surface area contributed by atoms with Crippen LogP contribution in [-0.4, -0.2) is 0 Å². The van der Waals surface area contributed by atoms with Crippen molar-refractivity contribution >= 4 is 0 Å². The molecular weight excluding hydrogens is 248 g/mol. The van der Waals surface area contributed by atoms with Crippen LogP contribution in [0.5, 0.6) is 0 Å². The molecule has 1 rings (SSSR count). The van der Waals surface area contributed by atoms with Crippen LogP contribution in [0.1, 0.15) is 11.1 Å². The average Bonchev–Trinajstić information content (AvgIpc) is 1.97. The maximum absolute atomic E-state index is 12.7. The van der Waals surface area contributed by atoms with E-state index in [9.17, 15) is 35.1 Å². The van der Waals surface area contributed by atoms with Crippen LogP contribution >= 0.6 is 0 Å². The van der Waals surface area contributed by atoms with E-state index in [2.05, 4.69) is 0 Å². The Balaban J connectivity index is 3.58. The third-order valence-corrected chi connectivity index (χ3v) is 1.64. The summed E-state index contributed by atoms with van der Waals surface area (Å²) in [6.07, 6.45) is -11.0. The lowest BCUT2D eigenvalue weighted by molar-refractivity contribution is -0.164. The predicted octanol–water partition coefficient (Wildman–Crippen LogP) is 4.00. The summed E-state index contributed by atoms with van der Waals surface area (Å²) in [5.41, 5.74) is -4.89. The van der Waals surface area contributed by atoms with Gasteiger partial charge in [0, 0.05) is 6.07 Å².